The molecule has 0 unspecified atom stereocenters. The van der Waals surface area contributed by atoms with E-state index in [4.69, 9.17) is 4.74 Å². The summed E-state index contributed by atoms with van der Waals surface area (Å²) < 4.78 is 5.43. The van der Waals surface area contributed by atoms with Gasteiger partial charge in [0.25, 0.3) is 5.91 Å². The van der Waals surface area contributed by atoms with Crippen LogP contribution in [0.25, 0.3) is 17.9 Å². The van der Waals surface area contributed by atoms with Crippen molar-refractivity contribution in [2.75, 3.05) is 18.4 Å². The van der Waals surface area contributed by atoms with Crippen molar-refractivity contribution in [3.05, 3.63) is 84.2 Å². The fraction of sp³-hybridized carbons (Fsp3) is 0.269. The molecule has 3 rings (SSSR count). The summed E-state index contributed by atoms with van der Waals surface area (Å²) in [5.74, 6) is 1.10. The molecule has 1 aliphatic rings. The van der Waals surface area contributed by atoms with E-state index in [2.05, 4.69) is 39.1 Å². The zero-order valence-corrected chi connectivity index (χ0v) is 19.2. The van der Waals surface area contributed by atoms with E-state index in [1.54, 1.807) is 24.4 Å². The third-order valence-electron chi connectivity index (χ3n) is 5.28. The lowest BCUT2D eigenvalue weighted by Crippen LogP contribution is -2.35. The molecule has 1 amide bonds. The van der Waals surface area contributed by atoms with E-state index in [1.807, 2.05) is 38.1 Å². The number of carbonyl (C=O) groups is 1. The number of carbonyl (C=O) groups excluding carboxylic acids is 1. The number of ether oxygens (including phenoxy) is 1. The summed E-state index contributed by atoms with van der Waals surface area (Å²) in [7, 11) is 0. The predicted molar refractivity (Wildman–Crippen MR) is 134 cm³/mol. The number of allylic oxidation sites excluding steroid dienone is 2. The molecule has 33 heavy (non-hydrogen) atoms. The molecule has 2 aromatic rings. The molecule has 0 atom stereocenters. The molecular weight excluding hydrogens is 414 g/mol. The van der Waals surface area contributed by atoms with Gasteiger partial charge in [-0.2, -0.15) is 0 Å². The first-order valence-electron chi connectivity index (χ1n) is 11.0. The van der Waals surface area contributed by atoms with Gasteiger partial charge >= 0.3 is 0 Å². The van der Waals surface area contributed by atoms with Gasteiger partial charge in [-0.15, -0.1) is 0 Å². The average molecular weight is 446 g/mol. The van der Waals surface area contributed by atoms with Crippen molar-refractivity contribution >= 4 is 29.6 Å². The van der Waals surface area contributed by atoms with Crippen molar-refractivity contribution in [3.8, 4) is 0 Å². The number of amides is 1. The van der Waals surface area contributed by atoms with E-state index in [9.17, 15) is 4.79 Å². The molecule has 1 saturated heterocycles. The van der Waals surface area contributed by atoms with Gasteiger partial charge in [-0.25, -0.2) is 9.97 Å². The minimum atomic E-state index is -0.208. The first-order chi connectivity index (χ1) is 16.0. The molecule has 0 spiro atoms. The second kappa shape index (κ2) is 11.8. The van der Waals surface area contributed by atoms with Crippen LogP contribution in [0.2, 0.25) is 0 Å². The Balaban J connectivity index is 1.75. The largest absolute Gasteiger partial charge is 0.464 e. The second-order valence-electron chi connectivity index (χ2n) is 7.69. The molecule has 0 radical (unpaired) electrons. The lowest BCUT2D eigenvalue weighted by Gasteiger charge is -2.24. The first kappa shape index (κ1) is 23.9. The molecule has 3 N–H and O–H groups in total. The van der Waals surface area contributed by atoms with E-state index < -0.39 is 0 Å². The van der Waals surface area contributed by atoms with Crippen LogP contribution in [0.3, 0.4) is 0 Å². The Morgan fingerprint density at radius 3 is 2.73 bits per heavy atom. The van der Waals surface area contributed by atoms with Crippen molar-refractivity contribution in [2.45, 2.75) is 32.7 Å². The van der Waals surface area contributed by atoms with Crippen LogP contribution >= 0.6 is 0 Å². The fourth-order valence-corrected chi connectivity index (χ4v) is 3.60. The Bertz CT molecular complexity index is 1070. The maximum Gasteiger partial charge on any atom is 0.255 e. The number of hydrogen-bond donors (Lipinski definition) is 3. The van der Waals surface area contributed by atoms with Gasteiger partial charge in [-0.1, -0.05) is 25.3 Å². The number of nitrogens with one attached hydrogen (secondary N) is 3. The Kier molecular flexibility index (Phi) is 8.55. The average Bonchev–Trinajstić information content (AvgIpc) is 2.83. The number of hydrogen-bond acceptors (Lipinski definition) is 6. The summed E-state index contributed by atoms with van der Waals surface area (Å²) in [6, 6.07) is 7.61. The number of aromatic nitrogens is 2. The highest BCUT2D eigenvalue weighted by Gasteiger charge is 2.14. The number of nitrogens with zero attached hydrogens (tertiary/aromatic N) is 2. The zero-order valence-electron chi connectivity index (χ0n) is 19.2. The van der Waals surface area contributed by atoms with Crippen LogP contribution in [-0.4, -0.2) is 35.0 Å². The maximum atomic E-state index is 12.9. The lowest BCUT2D eigenvalue weighted by atomic mass is 10.1. The van der Waals surface area contributed by atoms with E-state index in [0.29, 0.717) is 40.3 Å². The van der Waals surface area contributed by atoms with Crippen LogP contribution in [0.4, 0.5) is 5.82 Å². The molecule has 3 heterocycles. The normalized spacial score (nSPS) is 15.0. The van der Waals surface area contributed by atoms with Crippen molar-refractivity contribution in [1.82, 2.24) is 20.6 Å². The number of piperidine rings is 1. The van der Waals surface area contributed by atoms with E-state index in [0.717, 1.165) is 31.5 Å². The summed E-state index contributed by atoms with van der Waals surface area (Å²) in [6.45, 7) is 13.1. The SMILES string of the molecule is C=CO/C(=C\C)c1ccc(C=C)c(/C=C(\C)NC(=O)c2ccnc(NC3CCNCC3)c2)n1. The molecule has 7 nitrogen and oxygen atoms in total. The summed E-state index contributed by atoms with van der Waals surface area (Å²) in [5, 5.41) is 9.70. The van der Waals surface area contributed by atoms with Gasteiger partial charge in [0.05, 0.1) is 12.0 Å². The van der Waals surface area contributed by atoms with E-state index >= 15 is 0 Å². The van der Waals surface area contributed by atoms with Crippen LogP contribution in [0.5, 0.6) is 0 Å². The molecule has 2 aromatic heterocycles. The van der Waals surface area contributed by atoms with Crippen molar-refractivity contribution in [2.24, 2.45) is 0 Å². The van der Waals surface area contributed by atoms with Crippen molar-refractivity contribution < 1.29 is 9.53 Å². The summed E-state index contributed by atoms with van der Waals surface area (Å²) >= 11 is 0. The number of anilines is 1. The van der Waals surface area contributed by atoms with Gasteiger partial charge in [0, 0.05) is 23.5 Å². The predicted octanol–water partition coefficient (Wildman–Crippen LogP) is 4.60. The van der Waals surface area contributed by atoms with Gasteiger partial charge in [-0.05, 0) is 75.7 Å². The van der Waals surface area contributed by atoms with Crippen LogP contribution in [0.1, 0.15) is 54.0 Å². The minimum Gasteiger partial charge on any atom is -0.464 e. The number of rotatable bonds is 9. The van der Waals surface area contributed by atoms with Gasteiger partial charge < -0.3 is 20.7 Å². The molecule has 0 bridgehead atoms. The number of pyridine rings is 2. The molecule has 0 saturated carbocycles. The van der Waals surface area contributed by atoms with Crippen LogP contribution in [-0.2, 0) is 4.74 Å². The third kappa shape index (κ3) is 6.63. The maximum absolute atomic E-state index is 12.9. The molecule has 7 heteroatoms. The Hall–Kier alpha value is -3.71. The lowest BCUT2D eigenvalue weighted by molar-refractivity contribution is 0.0966. The molecule has 0 aromatic carbocycles. The molecule has 172 valence electrons. The second-order valence-corrected chi connectivity index (χ2v) is 7.69. The van der Waals surface area contributed by atoms with Crippen molar-refractivity contribution in [3.63, 3.8) is 0 Å². The van der Waals surface area contributed by atoms with Crippen LogP contribution in [0, 0.1) is 0 Å². The van der Waals surface area contributed by atoms with Gasteiger partial charge in [0.1, 0.15) is 17.3 Å². The third-order valence-corrected chi connectivity index (χ3v) is 5.28. The highest BCUT2D eigenvalue weighted by Crippen LogP contribution is 2.19. The van der Waals surface area contributed by atoms with Crippen LogP contribution in [0.15, 0.2) is 61.7 Å². The molecule has 1 aliphatic heterocycles. The highest BCUT2D eigenvalue weighted by molar-refractivity contribution is 5.96. The summed E-state index contributed by atoms with van der Waals surface area (Å²) in [5.41, 5.74) is 3.38. The zero-order chi connectivity index (χ0) is 23.6. The Morgan fingerprint density at radius 1 is 1.24 bits per heavy atom. The molecule has 0 aliphatic carbocycles. The van der Waals surface area contributed by atoms with Crippen molar-refractivity contribution in [1.29, 1.82) is 0 Å². The van der Waals surface area contributed by atoms with Gasteiger partial charge in [-0.3, -0.25) is 4.79 Å². The summed E-state index contributed by atoms with van der Waals surface area (Å²) in [4.78, 5) is 21.9. The Morgan fingerprint density at radius 2 is 2.03 bits per heavy atom. The minimum absolute atomic E-state index is 0.208. The Labute approximate surface area is 195 Å². The topological polar surface area (TPSA) is 88.2 Å². The first-order valence-corrected chi connectivity index (χ1v) is 11.0. The molecular formula is C26H31N5O2. The van der Waals surface area contributed by atoms with E-state index in [-0.39, 0.29) is 5.91 Å². The van der Waals surface area contributed by atoms with Gasteiger partial charge in [0.2, 0.25) is 0 Å². The van der Waals surface area contributed by atoms with Crippen LogP contribution < -0.4 is 16.0 Å². The highest BCUT2D eigenvalue weighted by atomic mass is 16.5. The van der Waals surface area contributed by atoms with E-state index in [1.165, 1.54) is 6.26 Å². The quantitative estimate of drug-likeness (QED) is 0.489. The van der Waals surface area contributed by atoms with Gasteiger partial charge in [0.15, 0.2) is 0 Å². The smallest absolute Gasteiger partial charge is 0.255 e. The standard InChI is InChI=1S/C26H31N5O2/c1-5-19-8-9-22(24(6-2)33-7-3)31-23(19)16-18(4)29-26(32)20-10-15-28-25(17-20)30-21-11-13-27-14-12-21/h5-10,15-17,21,27H,1,3,11-14H2,2,4H3,(H,28,30)(H,29,32)/b18-16+,24-6-. The monoisotopic (exact) mass is 445 g/mol. The molecule has 1 fully saturated rings. The fourth-order valence-electron chi connectivity index (χ4n) is 3.60. The summed E-state index contributed by atoms with van der Waals surface area (Å²) in [6.07, 6.45) is 10.4.